The van der Waals surface area contributed by atoms with Crippen LogP contribution in [-0.4, -0.2) is 38.1 Å². The Hall–Kier alpha value is -0.0800. The van der Waals surface area contributed by atoms with Crippen molar-refractivity contribution < 1.29 is 0 Å². The Morgan fingerprint density at radius 3 is 2.67 bits per heavy atom. The number of hydrogen-bond donors (Lipinski definition) is 1. The molecule has 1 aliphatic rings. The third kappa shape index (κ3) is 3.55. The van der Waals surface area contributed by atoms with E-state index in [1.165, 1.54) is 32.4 Å². The maximum absolute atomic E-state index is 3.59. The number of nitrogens with zero attached hydrogens (tertiary/aromatic N) is 1. The first-order valence-corrected chi connectivity index (χ1v) is 5.12. The van der Waals surface area contributed by atoms with Crippen LogP contribution in [-0.2, 0) is 0 Å². The van der Waals surface area contributed by atoms with Gasteiger partial charge in [0.2, 0.25) is 0 Å². The van der Waals surface area contributed by atoms with E-state index in [4.69, 9.17) is 0 Å². The average molecular weight is 170 g/mol. The summed E-state index contributed by atoms with van der Waals surface area (Å²) in [5, 5.41) is 3.59. The molecule has 2 nitrogen and oxygen atoms in total. The zero-order valence-corrected chi connectivity index (χ0v) is 8.64. The van der Waals surface area contributed by atoms with E-state index in [1.807, 2.05) is 0 Å². The average Bonchev–Trinajstić information content (AvgIpc) is 2.76. The van der Waals surface area contributed by atoms with Crippen LogP contribution in [0.3, 0.4) is 0 Å². The molecule has 0 amide bonds. The van der Waals surface area contributed by atoms with Gasteiger partial charge >= 0.3 is 0 Å². The summed E-state index contributed by atoms with van der Waals surface area (Å²) in [6, 6.07) is 0.858. The minimum absolute atomic E-state index is 0.858. The van der Waals surface area contributed by atoms with Gasteiger partial charge in [0.15, 0.2) is 0 Å². The summed E-state index contributed by atoms with van der Waals surface area (Å²) < 4.78 is 0. The van der Waals surface area contributed by atoms with Crippen molar-refractivity contribution in [3.8, 4) is 0 Å². The van der Waals surface area contributed by atoms with Gasteiger partial charge in [-0.15, -0.1) is 0 Å². The van der Waals surface area contributed by atoms with E-state index in [0.717, 1.165) is 12.0 Å². The predicted molar refractivity (Wildman–Crippen MR) is 53.4 cm³/mol. The zero-order valence-electron chi connectivity index (χ0n) is 8.64. The minimum Gasteiger partial charge on any atom is -0.314 e. The normalized spacial score (nSPS) is 28.0. The van der Waals surface area contributed by atoms with Gasteiger partial charge in [-0.3, -0.25) is 0 Å². The summed E-state index contributed by atoms with van der Waals surface area (Å²) >= 11 is 0. The highest BCUT2D eigenvalue weighted by Crippen LogP contribution is 2.32. The fraction of sp³-hybridized carbons (Fsp3) is 1.00. The maximum atomic E-state index is 3.59. The third-order valence-corrected chi connectivity index (χ3v) is 2.64. The fourth-order valence-corrected chi connectivity index (χ4v) is 1.63. The lowest BCUT2D eigenvalue weighted by Crippen LogP contribution is -2.23. The third-order valence-electron chi connectivity index (χ3n) is 2.64. The summed E-state index contributed by atoms with van der Waals surface area (Å²) in [4.78, 5) is 2.24. The van der Waals surface area contributed by atoms with Gasteiger partial charge in [0.1, 0.15) is 0 Å². The van der Waals surface area contributed by atoms with E-state index in [1.54, 1.807) is 0 Å². The lowest BCUT2D eigenvalue weighted by molar-refractivity contribution is 0.393. The highest BCUT2D eigenvalue weighted by atomic mass is 15.1. The highest BCUT2D eigenvalue weighted by Gasteiger charge is 2.34. The Morgan fingerprint density at radius 1 is 1.42 bits per heavy atom. The van der Waals surface area contributed by atoms with Gasteiger partial charge in [-0.05, 0) is 45.9 Å². The van der Waals surface area contributed by atoms with Crippen LogP contribution in [0.1, 0.15) is 26.2 Å². The van der Waals surface area contributed by atoms with Crippen molar-refractivity contribution in [2.24, 2.45) is 5.92 Å². The van der Waals surface area contributed by atoms with Crippen LogP contribution in [0.15, 0.2) is 0 Å². The molecule has 0 bridgehead atoms. The van der Waals surface area contributed by atoms with Crippen LogP contribution in [0.25, 0.3) is 0 Å². The van der Waals surface area contributed by atoms with Gasteiger partial charge in [0.25, 0.3) is 0 Å². The standard InChI is InChI=1S/C10H22N2/c1-4-9-8-10(9)11-6-5-7-12(2)3/h9-11H,4-8H2,1-3H3. The molecule has 0 aliphatic heterocycles. The molecule has 0 spiro atoms. The van der Waals surface area contributed by atoms with Crippen molar-refractivity contribution in [1.82, 2.24) is 10.2 Å². The SMILES string of the molecule is CCC1CC1NCCCN(C)C. The molecule has 1 rings (SSSR count). The van der Waals surface area contributed by atoms with Crippen molar-refractivity contribution in [1.29, 1.82) is 0 Å². The quantitative estimate of drug-likeness (QED) is 0.605. The second-order valence-corrected chi connectivity index (χ2v) is 4.12. The molecule has 1 fully saturated rings. The Labute approximate surface area is 76.3 Å². The van der Waals surface area contributed by atoms with Crippen molar-refractivity contribution >= 4 is 0 Å². The van der Waals surface area contributed by atoms with Crippen molar-refractivity contribution in [3.63, 3.8) is 0 Å². The molecule has 12 heavy (non-hydrogen) atoms. The molecule has 0 saturated heterocycles. The molecule has 1 saturated carbocycles. The second-order valence-electron chi connectivity index (χ2n) is 4.12. The molecule has 2 unspecified atom stereocenters. The lowest BCUT2D eigenvalue weighted by Gasteiger charge is -2.09. The van der Waals surface area contributed by atoms with Crippen LogP contribution in [0.5, 0.6) is 0 Å². The first-order valence-electron chi connectivity index (χ1n) is 5.12. The molecule has 0 aromatic heterocycles. The Morgan fingerprint density at radius 2 is 2.17 bits per heavy atom. The van der Waals surface area contributed by atoms with Gasteiger partial charge in [0.05, 0.1) is 0 Å². The summed E-state index contributed by atoms with van der Waals surface area (Å²) in [5.41, 5.74) is 0. The topological polar surface area (TPSA) is 15.3 Å². The summed E-state index contributed by atoms with van der Waals surface area (Å²) in [6.07, 6.45) is 4.05. The predicted octanol–water partition coefficient (Wildman–Crippen LogP) is 1.33. The Bertz CT molecular complexity index is 123. The monoisotopic (exact) mass is 170 g/mol. The van der Waals surface area contributed by atoms with Gasteiger partial charge in [-0.1, -0.05) is 13.3 Å². The molecule has 2 heteroatoms. The van der Waals surface area contributed by atoms with E-state index >= 15 is 0 Å². The molecule has 0 radical (unpaired) electrons. The second kappa shape index (κ2) is 4.83. The summed E-state index contributed by atoms with van der Waals surface area (Å²) in [7, 11) is 4.26. The van der Waals surface area contributed by atoms with E-state index in [0.29, 0.717) is 0 Å². The van der Waals surface area contributed by atoms with E-state index < -0.39 is 0 Å². The van der Waals surface area contributed by atoms with Crippen LogP contribution in [0.2, 0.25) is 0 Å². The number of nitrogens with one attached hydrogen (secondary N) is 1. The summed E-state index contributed by atoms with van der Waals surface area (Å²) in [6.45, 7) is 4.68. The first kappa shape index (κ1) is 10.0. The van der Waals surface area contributed by atoms with E-state index in [2.05, 4.69) is 31.2 Å². The van der Waals surface area contributed by atoms with E-state index in [-0.39, 0.29) is 0 Å². The van der Waals surface area contributed by atoms with Gasteiger partial charge < -0.3 is 10.2 Å². The Kier molecular flexibility index (Phi) is 4.02. The van der Waals surface area contributed by atoms with Crippen molar-refractivity contribution in [2.45, 2.75) is 32.2 Å². The van der Waals surface area contributed by atoms with Crippen LogP contribution in [0, 0.1) is 5.92 Å². The maximum Gasteiger partial charge on any atom is 0.00990 e. The molecule has 72 valence electrons. The van der Waals surface area contributed by atoms with Crippen molar-refractivity contribution in [2.75, 3.05) is 27.2 Å². The van der Waals surface area contributed by atoms with Crippen molar-refractivity contribution in [3.05, 3.63) is 0 Å². The van der Waals surface area contributed by atoms with Crippen LogP contribution < -0.4 is 5.32 Å². The first-order chi connectivity index (χ1) is 5.74. The molecule has 2 atom stereocenters. The van der Waals surface area contributed by atoms with Gasteiger partial charge in [0, 0.05) is 6.04 Å². The highest BCUT2D eigenvalue weighted by molar-refractivity contribution is 4.91. The Balaban J connectivity index is 1.84. The number of hydrogen-bond acceptors (Lipinski definition) is 2. The molecular formula is C10H22N2. The smallest absolute Gasteiger partial charge is 0.00990 e. The molecule has 0 aromatic carbocycles. The van der Waals surface area contributed by atoms with Gasteiger partial charge in [-0.2, -0.15) is 0 Å². The van der Waals surface area contributed by atoms with Crippen LogP contribution >= 0.6 is 0 Å². The molecular weight excluding hydrogens is 148 g/mol. The fourth-order valence-electron chi connectivity index (χ4n) is 1.63. The molecule has 1 N–H and O–H groups in total. The largest absolute Gasteiger partial charge is 0.314 e. The summed E-state index contributed by atoms with van der Waals surface area (Å²) in [5.74, 6) is 0.990. The minimum atomic E-state index is 0.858. The van der Waals surface area contributed by atoms with Crippen LogP contribution in [0.4, 0.5) is 0 Å². The molecule has 1 aliphatic carbocycles. The van der Waals surface area contributed by atoms with Gasteiger partial charge in [-0.25, -0.2) is 0 Å². The van der Waals surface area contributed by atoms with E-state index in [9.17, 15) is 0 Å². The molecule has 0 heterocycles. The number of rotatable bonds is 6. The zero-order chi connectivity index (χ0) is 8.97. The lowest BCUT2D eigenvalue weighted by atomic mass is 10.3. The molecule has 0 aromatic rings.